The molecule has 1 amide bonds. The number of primary amides is 1. The molecule has 0 bridgehead atoms. The van der Waals surface area contributed by atoms with E-state index in [1.165, 1.54) is 0 Å². The van der Waals surface area contributed by atoms with Gasteiger partial charge in [0, 0.05) is 42.2 Å². The zero-order chi connectivity index (χ0) is 18.2. The fourth-order valence-electron chi connectivity index (χ4n) is 2.89. The van der Waals surface area contributed by atoms with E-state index in [9.17, 15) is 4.79 Å². The van der Waals surface area contributed by atoms with Gasteiger partial charge in [-0.2, -0.15) is 0 Å². The Hall–Kier alpha value is -1.31. The van der Waals surface area contributed by atoms with Crippen LogP contribution in [-0.2, 0) is 11.2 Å². The van der Waals surface area contributed by atoms with Crippen LogP contribution in [0.15, 0.2) is 27.7 Å². The third-order valence-electron chi connectivity index (χ3n) is 4.23. The topological polar surface area (TPSA) is 82.8 Å². The first-order valence-corrected chi connectivity index (χ1v) is 9.57. The van der Waals surface area contributed by atoms with Crippen LogP contribution in [0.3, 0.4) is 0 Å². The van der Waals surface area contributed by atoms with E-state index in [4.69, 9.17) is 17.3 Å². The molecule has 1 heterocycles. The van der Waals surface area contributed by atoms with E-state index in [2.05, 4.69) is 36.5 Å². The van der Waals surface area contributed by atoms with Crippen molar-refractivity contribution in [1.29, 1.82) is 0 Å². The van der Waals surface area contributed by atoms with E-state index < -0.39 is 0 Å². The van der Waals surface area contributed by atoms with Gasteiger partial charge in [0.05, 0.1) is 6.54 Å². The molecule has 25 heavy (non-hydrogen) atoms. The van der Waals surface area contributed by atoms with Crippen molar-refractivity contribution in [2.45, 2.75) is 25.3 Å². The molecule has 1 aliphatic heterocycles. The molecule has 0 aliphatic carbocycles. The fraction of sp³-hybridized carbons (Fsp3) is 0.529. The van der Waals surface area contributed by atoms with Crippen molar-refractivity contribution in [2.24, 2.45) is 10.7 Å². The maximum absolute atomic E-state index is 11.0. The third-order valence-corrected chi connectivity index (χ3v) is 5.23. The molecule has 138 valence electrons. The minimum atomic E-state index is -0.268. The van der Waals surface area contributed by atoms with Gasteiger partial charge in [0.15, 0.2) is 5.96 Å². The second-order valence-electron chi connectivity index (χ2n) is 6.15. The minimum Gasteiger partial charge on any atom is -0.369 e. The van der Waals surface area contributed by atoms with Crippen molar-refractivity contribution in [1.82, 2.24) is 15.5 Å². The number of likely N-dealkylation sites (tertiary alicyclic amines) is 1. The normalized spacial score (nSPS) is 16.7. The second-order valence-corrected chi connectivity index (χ2v) is 7.44. The SMILES string of the molecule is CN=C(NCCc1cc(Cl)ccc1Br)NC1CCN(CC(N)=O)CC1. The standard InChI is InChI=1S/C17H25BrClN5O/c1-21-17(22-7-4-12-10-13(19)2-3-15(12)18)23-14-5-8-24(9-6-14)11-16(20)25/h2-3,10,14H,4-9,11H2,1H3,(H2,20,25)(H2,21,22,23). The van der Waals surface area contributed by atoms with Crippen molar-refractivity contribution in [3.8, 4) is 0 Å². The molecule has 1 fully saturated rings. The summed E-state index contributed by atoms with van der Waals surface area (Å²) in [7, 11) is 1.77. The second kappa shape index (κ2) is 9.99. The Balaban J connectivity index is 1.74. The van der Waals surface area contributed by atoms with Crippen molar-refractivity contribution in [2.75, 3.05) is 33.2 Å². The molecule has 0 spiro atoms. The summed E-state index contributed by atoms with van der Waals surface area (Å²) in [5.74, 6) is 0.530. The first-order chi connectivity index (χ1) is 12.0. The van der Waals surface area contributed by atoms with E-state index in [-0.39, 0.29) is 5.91 Å². The highest BCUT2D eigenvalue weighted by Crippen LogP contribution is 2.21. The third kappa shape index (κ3) is 6.84. The van der Waals surface area contributed by atoms with E-state index >= 15 is 0 Å². The van der Waals surface area contributed by atoms with Crippen molar-refractivity contribution in [3.63, 3.8) is 0 Å². The molecular weight excluding hydrogens is 406 g/mol. The molecular formula is C17H25BrClN5O. The predicted octanol–water partition coefficient (Wildman–Crippen LogP) is 1.76. The molecule has 0 unspecified atom stereocenters. The summed E-state index contributed by atoms with van der Waals surface area (Å²) in [6, 6.07) is 6.16. The average molecular weight is 431 g/mol. The highest BCUT2D eigenvalue weighted by atomic mass is 79.9. The van der Waals surface area contributed by atoms with Crippen molar-refractivity contribution >= 4 is 39.4 Å². The molecule has 0 saturated carbocycles. The molecule has 0 radical (unpaired) electrons. The van der Waals surface area contributed by atoms with Crippen molar-refractivity contribution < 1.29 is 4.79 Å². The molecule has 1 aromatic rings. The Morgan fingerprint density at radius 3 is 2.80 bits per heavy atom. The Morgan fingerprint density at radius 1 is 1.44 bits per heavy atom. The lowest BCUT2D eigenvalue weighted by atomic mass is 10.1. The number of hydrogen-bond acceptors (Lipinski definition) is 3. The summed E-state index contributed by atoms with van der Waals surface area (Å²) in [6.45, 7) is 2.84. The number of guanidine groups is 1. The molecule has 1 aromatic carbocycles. The maximum atomic E-state index is 11.0. The van der Waals surface area contributed by atoms with Gasteiger partial charge in [-0.15, -0.1) is 0 Å². The Kier molecular flexibility index (Phi) is 7.99. The van der Waals surface area contributed by atoms with Crippen LogP contribution in [0.25, 0.3) is 0 Å². The van der Waals surface area contributed by atoms with E-state index in [1.807, 2.05) is 18.2 Å². The summed E-state index contributed by atoms with van der Waals surface area (Å²) in [5.41, 5.74) is 6.41. The number of amides is 1. The maximum Gasteiger partial charge on any atom is 0.231 e. The molecule has 8 heteroatoms. The number of hydrogen-bond donors (Lipinski definition) is 3. The number of carbonyl (C=O) groups excluding carboxylic acids is 1. The molecule has 1 saturated heterocycles. The molecule has 4 N–H and O–H groups in total. The average Bonchev–Trinajstić information content (AvgIpc) is 2.58. The first-order valence-electron chi connectivity index (χ1n) is 8.39. The summed E-state index contributed by atoms with van der Waals surface area (Å²) in [5, 5.41) is 7.53. The van der Waals surface area contributed by atoms with Crippen LogP contribution >= 0.6 is 27.5 Å². The van der Waals surface area contributed by atoms with Crippen LogP contribution < -0.4 is 16.4 Å². The number of aliphatic imine (C=N–C) groups is 1. The van der Waals surface area contributed by atoms with Gasteiger partial charge in [0.2, 0.25) is 5.91 Å². The predicted molar refractivity (Wildman–Crippen MR) is 106 cm³/mol. The summed E-state index contributed by atoms with van der Waals surface area (Å²) < 4.78 is 1.06. The van der Waals surface area contributed by atoms with E-state index in [0.29, 0.717) is 12.6 Å². The molecule has 0 atom stereocenters. The van der Waals surface area contributed by atoms with Crippen LogP contribution in [0, 0.1) is 0 Å². The quantitative estimate of drug-likeness (QED) is 0.474. The number of benzene rings is 1. The lowest BCUT2D eigenvalue weighted by molar-refractivity contribution is -0.119. The van der Waals surface area contributed by atoms with E-state index in [0.717, 1.165) is 59.9 Å². The van der Waals surface area contributed by atoms with Crippen LogP contribution in [0.4, 0.5) is 0 Å². The monoisotopic (exact) mass is 429 g/mol. The van der Waals surface area contributed by atoms with Gasteiger partial charge >= 0.3 is 0 Å². The number of carbonyl (C=O) groups is 1. The first kappa shape index (κ1) is 20.0. The van der Waals surface area contributed by atoms with Gasteiger partial charge in [-0.05, 0) is 43.0 Å². The number of rotatable bonds is 6. The fourth-order valence-corrected chi connectivity index (χ4v) is 3.53. The highest BCUT2D eigenvalue weighted by molar-refractivity contribution is 9.10. The molecule has 0 aromatic heterocycles. The van der Waals surface area contributed by atoms with Crippen LogP contribution in [0.2, 0.25) is 5.02 Å². The number of nitrogens with two attached hydrogens (primary N) is 1. The van der Waals surface area contributed by atoms with Crippen LogP contribution in [0.1, 0.15) is 18.4 Å². The number of halogens is 2. The molecule has 1 aliphatic rings. The number of piperidine rings is 1. The smallest absolute Gasteiger partial charge is 0.231 e. The van der Waals surface area contributed by atoms with Gasteiger partial charge in [-0.1, -0.05) is 27.5 Å². The summed E-state index contributed by atoms with van der Waals surface area (Å²) in [4.78, 5) is 17.4. The number of nitrogens with one attached hydrogen (secondary N) is 2. The van der Waals surface area contributed by atoms with Crippen LogP contribution in [0.5, 0.6) is 0 Å². The Labute approximate surface area is 162 Å². The highest BCUT2D eigenvalue weighted by Gasteiger charge is 2.20. The van der Waals surface area contributed by atoms with Gasteiger partial charge in [0.25, 0.3) is 0 Å². The van der Waals surface area contributed by atoms with Crippen LogP contribution in [-0.4, -0.2) is 56.0 Å². The van der Waals surface area contributed by atoms with Gasteiger partial charge in [-0.25, -0.2) is 0 Å². The Bertz CT molecular complexity index is 617. The Morgan fingerprint density at radius 2 is 2.16 bits per heavy atom. The minimum absolute atomic E-state index is 0.268. The van der Waals surface area contributed by atoms with Gasteiger partial charge < -0.3 is 16.4 Å². The lowest BCUT2D eigenvalue weighted by Gasteiger charge is -2.32. The zero-order valence-corrected chi connectivity index (χ0v) is 16.7. The molecule has 2 rings (SSSR count). The number of nitrogens with zero attached hydrogens (tertiary/aromatic N) is 2. The zero-order valence-electron chi connectivity index (χ0n) is 14.4. The molecule has 6 nitrogen and oxygen atoms in total. The lowest BCUT2D eigenvalue weighted by Crippen LogP contribution is -2.50. The van der Waals surface area contributed by atoms with Gasteiger partial charge in [-0.3, -0.25) is 14.7 Å². The summed E-state index contributed by atoms with van der Waals surface area (Å²) in [6.07, 6.45) is 2.78. The van der Waals surface area contributed by atoms with E-state index in [1.54, 1.807) is 7.05 Å². The summed E-state index contributed by atoms with van der Waals surface area (Å²) >= 11 is 9.59. The van der Waals surface area contributed by atoms with Gasteiger partial charge in [0.1, 0.15) is 0 Å². The van der Waals surface area contributed by atoms with Crippen molar-refractivity contribution in [3.05, 3.63) is 33.3 Å². The largest absolute Gasteiger partial charge is 0.369 e.